The molecule has 3 aromatic rings. The van der Waals surface area contributed by atoms with Crippen LogP contribution in [0.4, 0.5) is 17.5 Å². The Hall–Kier alpha value is -3.42. The third kappa shape index (κ3) is 4.56. The molecule has 0 unspecified atom stereocenters. The van der Waals surface area contributed by atoms with E-state index < -0.39 is 0 Å². The van der Waals surface area contributed by atoms with Gasteiger partial charge in [0.05, 0.1) is 11.7 Å². The molecule has 8 heteroatoms. The molecule has 0 radical (unpaired) electrons. The third-order valence-electron chi connectivity index (χ3n) is 3.27. The second-order valence-corrected chi connectivity index (χ2v) is 5.89. The number of hydrogen-bond donors (Lipinski definition) is 2. The minimum atomic E-state index is -0.300. The predicted molar refractivity (Wildman–Crippen MR) is 96.7 cm³/mol. The van der Waals surface area contributed by atoms with Gasteiger partial charge in [-0.25, -0.2) is 9.97 Å². The number of ether oxygens (including phenoxy) is 1. The standard InChI is InChI=1S/C18H19N5O3/c1-11(2)25-15-6-4-14(5-7-15)21-17(24)13-9-19-18(20-10-13)22-16-8-12(3)26-23-16/h4-11H,1-3H3,(H,21,24)(H,19,20,22,23). The summed E-state index contributed by atoms with van der Waals surface area (Å²) in [4.78, 5) is 20.5. The Morgan fingerprint density at radius 2 is 1.85 bits per heavy atom. The van der Waals surface area contributed by atoms with Gasteiger partial charge in [-0.1, -0.05) is 5.16 Å². The Labute approximate surface area is 150 Å². The normalized spacial score (nSPS) is 10.6. The average molecular weight is 353 g/mol. The maximum absolute atomic E-state index is 12.3. The molecular formula is C18H19N5O3. The van der Waals surface area contributed by atoms with E-state index >= 15 is 0 Å². The smallest absolute Gasteiger partial charge is 0.258 e. The summed E-state index contributed by atoms with van der Waals surface area (Å²) in [6.07, 6.45) is 2.97. The molecule has 1 amide bonds. The maximum atomic E-state index is 12.3. The lowest BCUT2D eigenvalue weighted by atomic mass is 10.2. The zero-order valence-electron chi connectivity index (χ0n) is 14.7. The van der Waals surface area contributed by atoms with Crippen LogP contribution in [0.25, 0.3) is 0 Å². The van der Waals surface area contributed by atoms with Crippen LogP contribution in [0.1, 0.15) is 30.0 Å². The van der Waals surface area contributed by atoms with Gasteiger partial charge in [-0.3, -0.25) is 4.79 Å². The van der Waals surface area contributed by atoms with Gasteiger partial charge in [-0.15, -0.1) is 0 Å². The molecule has 0 aliphatic rings. The Bertz CT molecular complexity index is 873. The van der Waals surface area contributed by atoms with Crippen LogP contribution in [0.3, 0.4) is 0 Å². The van der Waals surface area contributed by atoms with Crippen molar-refractivity contribution in [3.8, 4) is 5.75 Å². The molecule has 26 heavy (non-hydrogen) atoms. The highest BCUT2D eigenvalue weighted by Gasteiger charge is 2.09. The van der Waals surface area contributed by atoms with E-state index in [1.165, 1.54) is 12.4 Å². The summed E-state index contributed by atoms with van der Waals surface area (Å²) < 4.78 is 10.5. The largest absolute Gasteiger partial charge is 0.491 e. The van der Waals surface area contributed by atoms with Crippen molar-refractivity contribution in [1.82, 2.24) is 15.1 Å². The molecule has 0 aliphatic carbocycles. The Balaban J connectivity index is 1.60. The Morgan fingerprint density at radius 3 is 2.42 bits per heavy atom. The van der Waals surface area contributed by atoms with Crippen LogP contribution in [-0.2, 0) is 0 Å². The second-order valence-electron chi connectivity index (χ2n) is 5.89. The van der Waals surface area contributed by atoms with Gasteiger partial charge in [0.15, 0.2) is 5.82 Å². The number of aryl methyl sites for hydroxylation is 1. The molecule has 8 nitrogen and oxygen atoms in total. The first-order valence-electron chi connectivity index (χ1n) is 8.10. The van der Waals surface area contributed by atoms with Gasteiger partial charge >= 0.3 is 0 Å². The Kier molecular flexibility index (Phi) is 5.12. The molecule has 0 atom stereocenters. The molecule has 2 aromatic heterocycles. The zero-order chi connectivity index (χ0) is 18.5. The van der Waals surface area contributed by atoms with E-state index in [1.54, 1.807) is 37.3 Å². The highest BCUT2D eigenvalue weighted by atomic mass is 16.5. The van der Waals surface area contributed by atoms with Gasteiger partial charge in [0, 0.05) is 24.1 Å². The molecule has 0 fully saturated rings. The monoisotopic (exact) mass is 353 g/mol. The quantitative estimate of drug-likeness (QED) is 0.698. The number of nitrogens with one attached hydrogen (secondary N) is 2. The van der Waals surface area contributed by atoms with E-state index in [0.29, 0.717) is 28.8 Å². The van der Waals surface area contributed by atoms with Crippen molar-refractivity contribution in [2.24, 2.45) is 0 Å². The van der Waals surface area contributed by atoms with E-state index in [0.717, 1.165) is 5.75 Å². The van der Waals surface area contributed by atoms with Crippen molar-refractivity contribution in [3.05, 3.63) is 54.0 Å². The van der Waals surface area contributed by atoms with Crippen LogP contribution < -0.4 is 15.4 Å². The highest BCUT2D eigenvalue weighted by molar-refractivity contribution is 6.03. The van der Waals surface area contributed by atoms with Gasteiger partial charge in [0.1, 0.15) is 11.5 Å². The van der Waals surface area contributed by atoms with E-state index in [2.05, 4.69) is 25.8 Å². The summed E-state index contributed by atoms with van der Waals surface area (Å²) in [7, 11) is 0. The lowest BCUT2D eigenvalue weighted by molar-refractivity contribution is 0.102. The lowest BCUT2D eigenvalue weighted by Crippen LogP contribution is -2.13. The summed E-state index contributed by atoms with van der Waals surface area (Å²) >= 11 is 0. The first-order chi connectivity index (χ1) is 12.5. The molecule has 0 aliphatic heterocycles. The molecule has 0 saturated heterocycles. The van der Waals surface area contributed by atoms with E-state index in [1.807, 2.05) is 13.8 Å². The fourth-order valence-corrected chi connectivity index (χ4v) is 2.14. The fourth-order valence-electron chi connectivity index (χ4n) is 2.14. The SMILES string of the molecule is Cc1cc(Nc2ncc(C(=O)Nc3ccc(OC(C)C)cc3)cn2)no1. The topological polar surface area (TPSA) is 102 Å². The van der Waals surface area contributed by atoms with E-state index in [9.17, 15) is 4.79 Å². The fraction of sp³-hybridized carbons (Fsp3) is 0.222. The van der Waals surface area contributed by atoms with Crippen molar-refractivity contribution in [3.63, 3.8) is 0 Å². The molecule has 134 valence electrons. The van der Waals surface area contributed by atoms with Crippen LogP contribution in [0.5, 0.6) is 5.75 Å². The van der Waals surface area contributed by atoms with E-state index in [-0.39, 0.29) is 12.0 Å². The predicted octanol–water partition coefficient (Wildman–Crippen LogP) is 3.56. The summed E-state index contributed by atoms with van der Waals surface area (Å²) in [5, 5.41) is 9.47. The number of carbonyl (C=O) groups is 1. The lowest BCUT2D eigenvalue weighted by Gasteiger charge is -2.10. The van der Waals surface area contributed by atoms with Gasteiger partial charge in [0.25, 0.3) is 5.91 Å². The molecular weight excluding hydrogens is 334 g/mol. The van der Waals surface area contributed by atoms with Crippen molar-refractivity contribution in [2.75, 3.05) is 10.6 Å². The highest BCUT2D eigenvalue weighted by Crippen LogP contribution is 2.18. The number of rotatable bonds is 6. The van der Waals surface area contributed by atoms with Crippen molar-refractivity contribution < 1.29 is 14.1 Å². The summed E-state index contributed by atoms with van der Waals surface area (Å²) in [6.45, 7) is 5.70. The van der Waals surface area contributed by atoms with Gasteiger partial charge in [-0.2, -0.15) is 0 Å². The van der Waals surface area contributed by atoms with Gasteiger partial charge in [-0.05, 0) is 45.0 Å². The molecule has 2 N–H and O–H groups in total. The van der Waals surface area contributed by atoms with Crippen LogP contribution >= 0.6 is 0 Å². The third-order valence-corrected chi connectivity index (χ3v) is 3.27. The van der Waals surface area contributed by atoms with Gasteiger partial charge in [0.2, 0.25) is 5.95 Å². The average Bonchev–Trinajstić information content (AvgIpc) is 3.01. The molecule has 2 heterocycles. The molecule has 3 rings (SSSR count). The number of aromatic nitrogens is 3. The number of carbonyl (C=O) groups excluding carboxylic acids is 1. The summed E-state index contributed by atoms with van der Waals surface area (Å²) in [6, 6.07) is 8.88. The number of benzene rings is 1. The first-order valence-corrected chi connectivity index (χ1v) is 8.10. The zero-order valence-corrected chi connectivity index (χ0v) is 14.7. The summed E-state index contributed by atoms with van der Waals surface area (Å²) in [5.74, 6) is 1.95. The molecule has 1 aromatic carbocycles. The second kappa shape index (κ2) is 7.64. The van der Waals surface area contributed by atoms with Gasteiger partial charge < -0.3 is 19.9 Å². The van der Waals surface area contributed by atoms with Crippen molar-refractivity contribution in [2.45, 2.75) is 26.9 Å². The molecule has 0 bridgehead atoms. The van der Waals surface area contributed by atoms with Crippen LogP contribution in [0.15, 0.2) is 47.2 Å². The summed E-state index contributed by atoms with van der Waals surface area (Å²) in [5.41, 5.74) is 1.00. The maximum Gasteiger partial charge on any atom is 0.258 e. The van der Waals surface area contributed by atoms with E-state index in [4.69, 9.17) is 9.26 Å². The van der Waals surface area contributed by atoms with Crippen LogP contribution in [0.2, 0.25) is 0 Å². The first kappa shape index (κ1) is 17.4. The number of hydrogen-bond acceptors (Lipinski definition) is 7. The number of anilines is 3. The van der Waals surface area contributed by atoms with Crippen molar-refractivity contribution in [1.29, 1.82) is 0 Å². The van der Waals surface area contributed by atoms with Crippen LogP contribution in [0, 0.1) is 6.92 Å². The minimum Gasteiger partial charge on any atom is -0.491 e. The number of nitrogens with zero attached hydrogens (tertiary/aromatic N) is 3. The number of amides is 1. The molecule has 0 spiro atoms. The Morgan fingerprint density at radius 1 is 1.15 bits per heavy atom. The van der Waals surface area contributed by atoms with Crippen LogP contribution in [-0.4, -0.2) is 27.1 Å². The minimum absolute atomic E-state index is 0.0980. The molecule has 0 saturated carbocycles. The van der Waals surface area contributed by atoms with Crippen molar-refractivity contribution >= 4 is 23.4 Å².